The van der Waals surface area contributed by atoms with Crippen molar-refractivity contribution in [3.8, 4) is 23.0 Å². The van der Waals surface area contributed by atoms with Gasteiger partial charge in [-0.25, -0.2) is 4.39 Å². The molecular weight excluding hydrogens is 543 g/mol. The largest absolute Gasteiger partial charge is 0.508 e. The van der Waals surface area contributed by atoms with E-state index in [1.165, 1.54) is 29.5 Å². The van der Waals surface area contributed by atoms with E-state index >= 15 is 0 Å². The molecule has 1 unspecified atom stereocenters. The van der Waals surface area contributed by atoms with E-state index < -0.39 is 0 Å². The Morgan fingerprint density at radius 1 is 1.00 bits per heavy atom. The SMILES string of the molecule is COc1cc(NCCCc2ccc(OCCN3CCCC(C)(C)C3)c(F)c2)c(C2CCc3cc(O)ccc3C2)cc1OC. The van der Waals surface area contributed by atoms with E-state index in [1.54, 1.807) is 32.4 Å². The highest BCUT2D eigenvalue weighted by molar-refractivity contribution is 5.62. The number of benzene rings is 3. The highest BCUT2D eigenvalue weighted by Gasteiger charge is 2.26. The Balaban J connectivity index is 1.16. The van der Waals surface area contributed by atoms with Crippen molar-refractivity contribution in [2.75, 3.05) is 52.3 Å². The van der Waals surface area contributed by atoms with Gasteiger partial charge < -0.3 is 24.6 Å². The molecule has 0 amide bonds. The first kappa shape index (κ1) is 31.0. The van der Waals surface area contributed by atoms with Crippen molar-refractivity contribution >= 4 is 5.69 Å². The van der Waals surface area contributed by atoms with Gasteiger partial charge in [-0.15, -0.1) is 0 Å². The number of phenolic OH excluding ortho intramolecular Hbond substituents is 1. The zero-order valence-electron chi connectivity index (χ0n) is 26.2. The van der Waals surface area contributed by atoms with Crippen LogP contribution in [0.25, 0.3) is 0 Å². The quantitative estimate of drug-likeness (QED) is 0.215. The van der Waals surface area contributed by atoms with Crippen LogP contribution in [0.4, 0.5) is 10.1 Å². The third-order valence-electron chi connectivity index (χ3n) is 9.01. The lowest BCUT2D eigenvalue weighted by atomic mass is 9.79. The molecule has 7 heteroatoms. The molecule has 3 aromatic carbocycles. The molecule has 5 rings (SSSR count). The van der Waals surface area contributed by atoms with Gasteiger partial charge in [0.2, 0.25) is 0 Å². The molecule has 0 bridgehead atoms. The summed E-state index contributed by atoms with van der Waals surface area (Å²) in [6.45, 7) is 8.84. The molecule has 43 heavy (non-hydrogen) atoms. The number of hydrogen-bond acceptors (Lipinski definition) is 6. The van der Waals surface area contributed by atoms with E-state index in [0.717, 1.165) is 75.3 Å². The van der Waals surface area contributed by atoms with Gasteiger partial charge >= 0.3 is 0 Å². The van der Waals surface area contributed by atoms with Crippen molar-refractivity contribution in [2.45, 2.75) is 64.7 Å². The van der Waals surface area contributed by atoms with E-state index in [0.29, 0.717) is 35.2 Å². The molecule has 0 aromatic heterocycles. The van der Waals surface area contributed by atoms with Gasteiger partial charge in [-0.05, 0) is 115 Å². The summed E-state index contributed by atoms with van der Waals surface area (Å²) in [5.41, 5.74) is 6.05. The number of likely N-dealkylation sites (tertiary alicyclic amines) is 1. The third kappa shape index (κ3) is 7.94. The molecular formula is C36H47FN2O4. The van der Waals surface area contributed by atoms with E-state index in [9.17, 15) is 9.50 Å². The molecule has 0 radical (unpaired) electrons. The summed E-state index contributed by atoms with van der Waals surface area (Å²) in [6.07, 6.45) is 6.89. The van der Waals surface area contributed by atoms with E-state index in [4.69, 9.17) is 14.2 Å². The van der Waals surface area contributed by atoms with Crippen LogP contribution in [0.5, 0.6) is 23.0 Å². The predicted molar refractivity (Wildman–Crippen MR) is 171 cm³/mol. The van der Waals surface area contributed by atoms with Gasteiger partial charge in [0, 0.05) is 31.4 Å². The van der Waals surface area contributed by atoms with Crippen LogP contribution < -0.4 is 19.5 Å². The number of fused-ring (bicyclic) bond motifs is 1. The van der Waals surface area contributed by atoms with Gasteiger partial charge in [0.05, 0.1) is 14.2 Å². The molecule has 0 spiro atoms. The van der Waals surface area contributed by atoms with Gasteiger partial charge in [-0.3, -0.25) is 4.90 Å². The number of nitrogens with zero attached hydrogens (tertiary/aromatic N) is 1. The number of rotatable bonds is 12. The number of ether oxygens (including phenoxy) is 3. The Morgan fingerprint density at radius 3 is 2.58 bits per heavy atom. The Hall–Kier alpha value is -3.45. The van der Waals surface area contributed by atoms with Crippen LogP contribution in [0.2, 0.25) is 0 Å². The first-order chi connectivity index (χ1) is 20.7. The number of piperidine rings is 1. The molecule has 1 heterocycles. The minimum atomic E-state index is -0.294. The van der Waals surface area contributed by atoms with Crippen molar-refractivity contribution in [1.29, 1.82) is 0 Å². The Morgan fingerprint density at radius 2 is 1.81 bits per heavy atom. The number of methoxy groups -OCH3 is 2. The van der Waals surface area contributed by atoms with Crippen LogP contribution in [0.3, 0.4) is 0 Å². The second kappa shape index (κ2) is 13.9. The summed E-state index contributed by atoms with van der Waals surface area (Å²) < 4.78 is 31.9. The maximum Gasteiger partial charge on any atom is 0.165 e. The fraction of sp³-hybridized carbons (Fsp3) is 0.500. The number of nitrogens with one attached hydrogen (secondary N) is 1. The lowest BCUT2D eigenvalue weighted by molar-refractivity contribution is 0.101. The number of hydrogen-bond donors (Lipinski definition) is 2. The summed E-state index contributed by atoms with van der Waals surface area (Å²) in [4.78, 5) is 2.42. The van der Waals surface area contributed by atoms with E-state index in [-0.39, 0.29) is 5.82 Å². The molecule has 1 aliphatic carbocycles. The maximum absolute atomic E-state index is 14.9. The molecule has 232 valence electrons. The molecule has 1 saturated heterocycles. The Labute approximate surface area is 256 Å². The van der Waals surface area contributed by atoms with Gasteiger partial charge in [0.1, 0.15) is 12.4 Å². The second-order valence-corrected chi connectivity index (χ2v) is 12.9. The van der Waals surface area contributed by atoms with Crippen molar-refractivity contribution in [1.82, 2.24) is 4.90 Å². The molecule has 0 saturated carbocycles. The van der Waals surface area contributed by atoms with E-state index in [2.05, 4.69) is 30.1 Å². The van der Waals surface area contributed by atoms with Gasteiger partial charge in [0.25, 0.3) is 0 Å². The van der Waals surface area contributed by atoms with Crippen molar-refractivity contribution in [2.24, 2.45) is 5.41 Å². The number of phenols is 1. The number of aryl methyl sites for hydroxylation is 2. The lowest BCUT2D eigenvalue weighted by Crippen LogP contribution is -2.41. The van der Waals surface area contributed by atoms with Crippen LogP contribution in [0.15, 0.2) is 48.5 Å². The molecule has 2 N–H and O–H groups in total. The normalized spacial score (nSPS) is 18.1. The fourth-order valence-electron chi connectivity index (χ4n) is 6.75. The van der Waals surface area contributed by atoms with E-state index in [1.807, 2.05) is 24.3 Å². The van der Waals surface area contributed by atoms with Crippen LogP contribution in [0.1, 0.15) is 67.7 Å². The molecule has 2 aliphatic rings. The van der Waals surface area contributed by atoms with Crippen molar-refractivity contribution in [3.05, 3.63) is 76.6 Å². The summed E-state index contributed by atoms with van der Waals surface area (Å²) in [7, 11) is 3.32. The predicted octanol–water partition coefficient (Wildman–Crippen LogP) is 7.37. The van der Waals surface area contributed by atoms with Crippen LogP contribution in [0, 0.1) is 11.2 Å². The summed E-state index contributed by atoms with van der Waals surface area (Å²) in [5.74, 6) is 2.09. The summed E-state index contributed by atoms with van der Waals surface area (Å²) >= 11 is 0. The molecule has 1 aliphatic heterocycles. The standard InChI is InChI=1S/C36H47FN2O4/c1-36(2)14-6-16-39(24-36)17-18-43-33-13-8-25(19-31(33)37)7-5-15-38-32-23-35(42-4)34(41-3)22-30(32)28-10-9-27-21-29(40)12-11-26(27)20-28/h8,11-13,19,21-23,28,38,40H,5-7,9-10,14-18,20,24H2,1-4H3. The highest BCUT2D eigenvalue weighted by atomic mass is 19.1. The van der Waals surface area contributed by atoms with Crippen LogP contribution in [-0.4, -0.2) is 57.0 Å². The van der Waals surface area contributed by atoms with Crippen LogP contribution in [-0.2, 0) is 19.3 Å². The third-order valence-corrected chi connectivity index (χ3v) is 9.01. The summed E-state index contributed by atoms with van der Waals surface area (Å²) in [6, 6.07) is 15.2. The van der Waals surface area contributed by atoms with Gasteiger partial charge in [-0.2, -0.15) is 0 Å². The van der Waals surface area contributed by atoms with Gasteiger partial charge in [-0.1, -0.05) is 26.0 Å². The Kier molecular flexibility index (Phi) is 10.0. The topological polar surface area (TPSA) is 63.2 Å². The molecule has 6 nitrogen and oxygen atoms in total. The average Bonchev–Trinajstić information content (AvgIpc) is 2.99. The highest BCUT2D eigenvalue weighted by Crippen LogP contribution is 2.42. The molecule has 1 atom stereocenters. The smallest absolute Gasteiger partial charge is 0.165 e. The zero-order valence-corrected chi connectivity index (χ0v) is 26.2. The number of halogens is 1. The maximum atomic E-state index is 14.9. The lowest BCUT2D eigenvalue weighted by Gasteiger charge is -2.37. The first-order valence-corrected chi connectivity index (χ1v) is 15.7. The monoisotopic (exact) mass is 590 g/mol. The number of anilines is 1. The average molecular weight is 591 g/mol. The molecule has 1 fully saturated rings. The molecule has 3 aromatic rings. The van der Waals surface area contributed by atoms with Crippen molar-refractivity contribution < 1.29 is 23.7 Å². The van der Waals surface area contributed by atoms with Crippen LogP contribution >= 0.6 is 0 Å². The van der Waals surface area contributed by atoms with Crippen molar-refractivity contribution in [3.63, 3.8) is 0 Å². The minimum Gasteiger partial charge on any atom is -0.508 e. The Bertz CT molecular complexity index is 1390. The van der Waals surface area contributed by atoms with Gasteiger partial charge in [0.15, 0.2) is 23.1 Å². The fourth-order valence-corrected chi connectivity index (χ4v) is 6.75. The second-order valence-electron chi connectivity index (χ2n) is 12.9. The summed E-state index contributed by atoms with van der Waals surface area (Å²) in [5, 5.41) is 13.5. The minimum absolute atomic E-state index is 0.294. The first-order valence-electron chi connectivity index (χ1n) is 15.7. The zero-order chi connectivity index (χ0) is 30.4. The number of aromatic hydroxyl groups is 1.